The lowest BCUT2D eigenvalue weighted by Crippen LogP contribution is -2.48. The van der Waals surface area contributed by atoms with Gasteiger partial charge in [-0.25, -0.2) is 13.1 Å². The predicted octanol–water partition coefficient (Wildman–Crippen LogP) is 1.49. The van der Waals surface area contributed by atoms with Crippen LogP contribution in [0, 0.1) is 0 Å². The standard InChI is InChI=1S/C10H20ClNO3S/c1-15-7-4-8-16(13,14)12-10(9-11)5-2-3-6-10/h12H,2-9H2,1H3. The predicted molar refractivity (Wildman–Crippen MR) is 65.3 cm³/mol. The Morgan fingerprint density at radius 2 is 2.00 bits per heavy atom. The van der Waals surface area contributed by atoms with Crippen molar-refractivity contribution in [1.82, 2.24) is 4.72 Å². The molecule has 0 bridgehead atoms. The highest BCUT2D eigenvalue weighted by Crippen LogP contribution is 2.31. The molecule has 0 amide bonds. The molecule has 0 radical (unpaired) electrons. The van der Waals surface area contributed by atoms with Gasteiger partial charge in [0.05, 0.1) is 5.75 Å². The van der Waals surface area contributed by atoms with Gasteiger partial charge >= 0.3 is 0 Å². The second-order valence-corrected chi connectivity index (χ2v) is 6.50. The first-order chi connectivity index (χ1) is 7.54. The number of rotatable bonds is 7. The first kappa shape index (κ1) is 14.2. The molecule has 1 N–H and O–H groups in total. The molecule has 1 saturated carbocycles. The van der Waals surface area contributed by atoms with Crippen molar-refractivity contribution in [2.24, 2.45) is 0 Å². The van der Waals surface area contributed by atoms with Crippen LogP contribution in [0.1, 0.15) is 32.1 Å². The molecule has 16 heavy (non-hydrogen) atoms. The highest BCUT2D eigenvalue weighted by molar-refractivity contribution is 7.89. The van der Waals surface area contributed by atoms with E-state index in [1.165, 1.54) is 0 Å². The van der Waals surface area contributed by atoms with E-state index in [1.54, 1.807) is 7.11 Å². The fourth-order valence-corrected chi connectivity index (χ4v) is 4.04. The molecule has 0 saturated heterocycles. The Labute approximate surface area is 103 Å². The molecule has 0 atom stereocenters. The van der Waals surface area contributed by atoms with Crippen LogP contribution < -0.4 is 4.72 Å². The van der Waals surface area contributed by atoms with E-state index in [1.807, 2.05) is 0 Å². The number of methoxy groups -OCH3 is 1. The third kappa shape index (κ3) is 4.20. The highest BCUT2D eigenvalue weighted by Gasteiger charge is 2.36. The topological polar surface area (TPSA) is 55.4 Å². The quantitative estimate of drug-likeness (QED) is 0.563. The first-order valence-corrected chi connectivity index (χ1v) is 7.79. The maximum absolute atomic E-state index is 11.8. The lowest BCUT2D eigenvalue weighted by Gasteiger charge is -2.27. The zero-order valence-corrected chi connectivity index (χ0v) is 11.2. The molecule has 1 aliphatic rings. The molecule has 0 unspecified atom stereocenters. The molecular weight excluding hydrogens is 250 g/mol. The van der Waals surface area contributed by atoms with Crippen LogP contribution in [-0.4, -0.2) is 39.3 Å². The molecular formula is C10H20ClNO3S. The zero-order valence-electron chi connectivity index (χ0n) is 9.67. The van der Waals surface area contributed by atoms with Crippen molar-refractivity contribution >= 4 is 21.6 Å². The average Bonchev–Trinajstić information content (AvgIpc) is 2.66. The Morgan fingerprint density at radius 1 is 1.38 bits per heavy atom. The Bertz CT molecular complexity index is 299. The zero-order chi connectivity index (χ0) is 12.1. The van der Waals surface area contributed by atoms with Gasteiger partial charge in [0.1, 0.15) is 0 Å². The molecule has 1 fully saturated rings. The summed E-state index contributed by atoms with van der Waals surface area (Å²) in [5.74, 6) is 0.468. The summed E-state index contributed by atoms with van der Waals surface area (Å²) in [7, 11) is -1.66. The van der Waals surface area contributed by atoms with E-state index in [-0.39, 0.29) is 5.75 Å². The summed E-state index contributed by atoms with van der Waals surface area (Å²) < 4.78 is 31.2. The molecule has 0 aromatic carbocycles. The van der Waals surface area contributed by atoms with Crippen molar-refractivity contribution in [1.29, 1.82) is 0 Å². The molecule has 1 aliphatic carbocycles. The Morgan fingerprint density at radius 3 is 2.50 bits per heavy atom. The molecule has 96 valence electrons. The summed E-state index contributed by atoms with van der Waals surface area (Å²) in [5.41, 5.74) is -0.395. The molecule has 1 rings (SSSR count). The molecule has 0 spiro atoms. The molecule has 6 heteroatoms. The third-order valence-electron chi connectivity index (χ3n) is 2.95. The summed E-state index contributed by atoms with van der Waals surface area (Å²) in [6.45, 7) is 0.467. The average molecular weight is 270 g/mol. The number of nitrogens with one attached hydrogen (secondary N) is 1. The number of sulfonamides is 1. The van der Waals surface area contributed by atoms with Crippen LogP contribution >= 0.6 is 11.6 Å². The summed E-state index contributed by atoms with van der Waals surface area (Å²) in [6.07, 6.45) is 4.31. The number of alkyl halides is 1. The van der Waals surface area contributed by atoms with Crippen LogP contribution in [0.5, 0.6) is 0 Å². The van der Waals surface area contributed by atoms with E-state index < -0.39 is 15.6 Å². The van der Waals surface area contributed by atoms with Gasteiger partial charge in [-0.1, -0.05) is 12.8 Å². The third-order valence-corrected chi connectivity index (χ3v) is 5.03. The van der Waals surface area contributed by atoms with Crippen molar-refractivity contribution < 1.29 is 13.2 Å². The van der Waals surface area contributed by atoms with Crippen molar-refractivity contribution in [2.45, 2.75) is 37.6 Å². The summed E-state index contributed by atoms with van der Waals surface area (Å²) in [5, 5.41) is 0. The summed E-state index contributed by atoms with van der Waals surface area (Å²) >= 11 is 5.88. The lowest BCUT2D eigenvalue weighted by atomic mass is 10.0. The smallest absolute Gasteiger partial charge is 0.212 e. The molecule has 0 aliphatic heterocycles. The van der Waals surface area contributed by atoms with Crippen LogP contribution in [-0.2, 0) is 14.8 Å². The summed E-state index contributed by atoms with van der Waals surface area (Å²) in [4.78, 5) is 0. The van der Waals surface area contributed by atoms with Gasteiger partial charge in [0.15, 0.2) is 0 Å². The van der Waals surface area contributed by atoms with Gasteiger partial charge in [0.25, 0.3) is 0 Å². The monoisotopic (exact) mass is 269 g/mol. The minimum absolute atomic E-state index is 0.111. The van der Waals surface area contributed by atoms with Gasteiger partial charge in [-0.3, -0.25) is 0 Å². The van der Waals surface area contributed by atoms with Crippen molar-refractivity contribution in [3.63, 3.8) is 0 Å². The van der Waals surface area contributed by atoms with Gasteiger partial charge in [-0.05, 0) is 19.3 Å². The fourth-order valence-electron chi connectivity index (χ4n) is 2.09. The highest BCUT2D eigenvalue weighted by atomic mass is 35.5. The van der Waals surface area contributed by atoms with Crippen LogP contribution in [0.2, 0.25) is 0 Å². The number of ether oxygens (including phenoxy) is 1. The molecule has 0 heterocycles. The maximum Gasteiger partial charge on any atom is 0.212 e. The van der Waals surface area contributed by atoms with Gasteiger partial charge in [-0.2, -0.15) is 0 Å². The van der Waals surface area contributed by atoms with Crippen molar-refractivity contribution in [3.05, 3.63) is 0 Å². The van der Waals surface area contributed by atoms with Gasteiger partial charge in [0, 0.05) is 25.1 Å². The second kappa shape index (κ2) is 6.19. The second-order valence-electron chi connectivity index (χ2n) is 4.39. The van der Waals surface area contributed by atoms with E-state index in [0.29, 0.717) is 18.9 Å². The van der Waals surface area contributed by atoms with E-state index in [9.17, 15) is 8.42 Å². The van der Waals surface area contributed by atoms with Gasteiger partial charge in [-0.15, -0.1) is 11.6 Å². The Balaban J connectivity index is 2.50. The van der Waals surface area contributed by atoms with Crippen LogP contribution in [0.4, 0.5) is 0 Å². The van der Waals surface area contributed by atoms with E-state index in [0.717, 1.165) is 25.7 Å². The number of halogens is 1. The van der Waals surface area contributed by atoms with Crippen molar-refractivity contribution in [3.8, 4) is 0 Å². The Kier molecular flexibility index (Phi) is 5.50. The van der Waals surface area contributed by atoms with Gasteiger partial charge in [0.2, 0.25) is 10.0 Å². The molecule has 0 aromatic rings. The fraction of sp³-hybridized carbons (Fsp3) is 1.00. The number of hydrogen-bond donors (Lipinski definition) is 1. The number of hydrogen-bond acceptors (Lipinski definition) is 3. The summed E-state index contributed by atoms with van der Waals surface area (Å²) in [6, 6.07) is 0. The van der Waals surface area contributed by atoms with Crippen LogP contribution in [0.25, 0.3) is 0 Å². The molecule has 4 nitrogen and oxygen atoms in total. The van der Waals surface area contributed by atoms with Gasteiger partial charge < -0.3 is 4.74 Å². The van der Waals surface area contributed by atoms with E-state index in [2.05, 4.69) is 4.72 Å². The normalized spacial score (nSPS) is 20.1. The van der Waals surface area contributed by atoms with Crippen LogP contribution in [0.3, 0.4) is 0 Å². The van der Waals surface area contributed by atoms with Crippen LogP contribution in [0.15, 0.2) is 0 Å². The molecule has 0 aromatic heterocycles. The van der Waals surface area contributed by atoms with Crippen molar-refractivity contribution in [2.75, 3.05) is 25.3 Å². The lowest BCUT2D eigenvalue weighted by molar-refractivity contribution is 0.199. The first-order valence-electron chi connectivity index (χ1n) is 5.60. The minimum Gasteiger partial charge on any atom is -0.385 e. The SMILES string of the molecule is COCCCS(=O)(=O)NC1(CCl)CCCC1. The largest absolute Gasteiger partial charge is 0.385 e. The minimum atomic E-state index is -3.22. The maximum atomic E-state index is 11.8. The van der Waals surface area contributed by atoms with E-state index in [4.69, 9.17) is 16.3 Å². The Hall–Kier alpha value is 0.160. The van der Waals surface area contributed by atoms with E-state index >= 15 is 0 Å².